The normalized spacial score (nSPS) is 14.9. The SMILES string of the molecule is Cc1cc(-c2ccccc2)c2nc(NC3CCN(c4cc(C)ncn4)CC3)nn2c1. The molecule has 0 unspecified atom stereocenters. The van der Waals surface area contributed by atoms with Crippen LogP contribution in [0.15, 0.2) is 55.0 Å². The molecule has 0 bridgehead atoms. The zero-order valence-electron chi connectivity index (χ0n) is 17.3. The number of nitrogens with one attached hydrogen (secondary N) is 1. The van der Waals surface area contributed by atoms with Gasteiger partial charge in [0.05, 0.1) is 0 Å². The Morgan fingerprint density at radius 1 is 1.00 bits per heavy atom. The summed E-state index contributed by atoms with van der Waals surface area (Å²) in [6, 6.07) is 14.9. The van der Waals surface area contributed by atoms with Gasteiger partial charge in [0.2, 0.25) is 5.95 Å². The number of hydrogen-bond acceptors (Lipinski definition) is 6. The number of pyridine rings is 1. The van der Waals surface area contributed by atoms with Crippen LogP contribution < -0.4 is 10.2 Å². The van der Waals surface area contributed by atoms with Crippen molar-refractivity contribution in [2.45, 2.75) is 32.7 Å². The van der Waals surface area contributed by atoms with Gasteiger partial charge in [0.25, 0.3) is 0 Å². The third-order valence-corrected chi connectivity index (χ3v) is 5.60. The Bertz CT molecular complexity index is 1160. The molecule has 1 N–H and O–H groups in total. The van der Waals surface area contributed by atoms with Gasteiger partial charge >= 0.3 is 0 Å². The fraction of sp³-hybridized carbons (Fsp3) is 0.304. The Balaban J connectivity index is 1.33. The van der Waals surface area contributed by atoms with E-state index in [2.05, 4.69) is 57.4 Å². The largest absolute Gasteiger partial charge is 0.356 e. The van der Waals surface area contributed by atoms with Crippen molar-refractivity contribution in [3.05, 3.63) is 66.2 Å². The quantitative estimate of drug-likeness (QED) is 0.561. The molecule has 1 fully saturated rings. The summed E-state index contributed by atoms with van der Waals surface area (Å²) in [6.07, 6.45) is 5.70. The van der Waals surface area contributed by atoms with Crippen molar-refractivity contribution in [3.8, 4) is 11.1 Å². The lowest BCUT2D eigenvalue weighted by Gasteiger charge is -2.32. The molecule has 1 aliphatic rings. The molecular formula is C23H25N7. The number of piperidine rings is 1. The van der Waals surface area contributed by atoms with E-state index in [0.29, 0.717) is 12.0 Å². The lowest BCUT2D eigenvalue weighted by Crippen LogP contribution is -2.39. The fourth-order valence-corrected chi connectivity index (χ4v) is 4.06. The van der Waals surface area contributed by atoms with E-state index in [-0.39, 0.29) is 0 Å². The Labute approximate surface area is 175 Å². The lowest BCUT2D eigenvalue weighted by atomic mass is 10.1. The smallest absolute Gasteiger partial charge is 0.243 e. The van der Waals surface area contributed by atoms with Crippen LogP contribution in [0.3, 0.4) is 0 Å². The second kappa shape index (κ2) is 7.74. The van der Waals surface area contributed by atoms with Crippen LogP contribution in [-0.4, -0.2) is 43.7 Å². The molecule has 7 nitrogen and oxygen atoms in total. The molecule has 0 spiro atoms. The molecule has 0 amide bonds. The number of aryl methyl sites for hydroxylation is 2. The maximum Gasteiger partial charge on any atom is 0.243 e. The predicted molar refractivity (Wildman–Crippen MR) is 119 cm³/mol. The lowest BCUT2D eigenvalue weighted by molar-refractivity contribution is 0.520. The highest BCUT2D eigenvalue weighted by Gasteiger charge is 2.22. The highest BCUT2D eigenvalue weighted by atomic mass is 15.4. The number of benzene rings is 1. The summed E-state index contributed by atoms with van der Waals surface area (Å²) in [7, 11) is 0. The number of anilines is 2. The Morgan fingerprint density at radius 2 is 1.80 bits per heavy atom. The van der Waals surface area contributed by atoms with Crippen LogP contribution >= 0.6 is 0 Å². The van der Waals surface area contributed by atoms with Gasteiger partial charge < -0.3 is 10.2 Å². The van der Waals surface area contributed by atoms with Gasteiger partial charge in [-0.05, 0) is 43.9 Å². The van der Waals surface area contributed by atoms with Crippen LogP contribution in [0.5, 0.6) is 0 Å². The zero-order valence-corrected chi connectivity index (χ0v) is 17.3. The maximum atomic E-state index is 4.82. The first-order valence-corrected chi connectivity index (χ1v) is 10.4. The Morgan fingerprint density at radius 3 is 2.57 bits per heavy atom. The van der Waals surface area contributed by atoms with Crippen molar-refractivity contribution in [1.29, 1.82) is 0 Å². The number of hydrogen-bond donors (Lipinski definition) is 1. The minimum Gasteiger partial charge on any atom is -0.356 e. The first kappa shape index (κ1) is 18.5. The van der Waals surface area contributed by atoms with Crippen molar-refractivity contribution in [3.63, 3.8) is 0 Å². The van der Waals surface area contributed by atoms with E-state index in [0.717, 1.165) is 59.8 Å². The van der Waals surface area contributed by atoms with E-state index >= 15 is 0 Å². The van der Waals surface area contributed by atoms with Crippen LogP contribution in [0.2, 0.25) is 0 Å². The molecule has 3 aromatic heterocycles. The standard InChI is InChI=1S/C23H25N7/c1-16-12-20(18-6-4-3-5-7-18)22-27-23(28-30(22)14-16)26-19-8-10-29(11-9-19)21-13-17(2)24-15-25-21/h3-7,12-15,19H,8-11H2,1-2H3,(H,26,28). The van der Waals surface area contributed by atoms with Gasteiger partial charge in [-0.15, -0.1) is 5.10 Å². The summed E-state index contributed by atoms with van der Waals surface area (Å²) in [5, 5.41) is 8.25. The first-order valence-electron chi connectivity index (χ1n) is 10.4. The zero-order chi connectivity index (χ0) is 20.5. The van der Waals surface area contributed by atoms with Crippen LogP contribution in [0, 0.1) is 13.8 Å². The molecule has 30 heavy (non-hydrogen) atoms. The topological polar surface area (TPSA) is 71.2 Å². The van der Waals surface area contributed by atoms with Gasteiger partial charge in [0.15, 0.2) is 5.65 Å². The van der Waals surface area contributed by atoms with Crippen LogP contribution in [0.25, 0.3) is 16.8 Å². The summed E-state index contributed by atoms with van der Waals surface area (Å²) in [4.78, 5) is 15.7. The van der Waals surface area contributed by atoms with Crippen LogP contribution in [-0.2, 0) is 0 Å². The Kier molecular flexibility index (Phi) is 4.78. The number of rotatable bonds is 4. The van der Waals surface area contributed by atoms with Gasteiger partial charge in [-0.25, -0.2) is 14.5 Å². The number of nitrogens with zero attached hydrogens (tertiary/aromatic N) is 6. The van der Waals surface area contributed by atoms with E-state index in [9.17, 15) is 0 Å². The van der Waals surface area contributed by atoms with E-state index in [4.69, 9.17) is 10.1 Å². The molecule has 0 atom stereocenters. The molecule has 0 radical (unpaired) electrons. The number of fused-ring (bicyclic) bond motifs is 1. The average molecular weight is 400 g/mol. The first-order chi connectivity index (χ1) is 14.7. The van der Waals surface area contributed by atoms with Gasteiger partial charge in [0, 0.05) is 42.7 Å². The van der Waals surface area contributed by atoms with Crippen LogP contribution in [0.1, 0.15) is 24.1 Å². The summed E-state index contributed by atoms with van der Waals surface area (Å²) >= 11 is 0. The average Bonchev–Trinajstić information content (AvgIpc) is 3.16. The third kappa shape index (κ3) is 3.70. The molecule has 152 valence electrons. The monoisotopic (exact) mass is 399 g/mol. The minimum absolute atomic E-state index is 0.350. The highest BCUT2D eigenvalue weighted by molar-refractivity contribution is 5.78. The molecular weight excluding hydrogens is 374 g/mol. The summed E-state index contributed by atoms with van der Waals surface area (Å²) < 4.78 is 1.89. The molecule has 4 aromatic rings. The summed E-state index contributed by atoms with van der Waals surface area (Å²) in [5.74, 6) is 1.70. The minimum atomic E-state index is 0.350. The summed E-state index contributed by atoms with van der Waals surface area (Å²) in [5.41, 5.74) is 5.29. The highest BCUT2D eigenvalue weighted by Crippen LogP contribution is 2.26. The van der Waals surface area contributed by atoms with Crippen molar-refractivity contribution < 1.29 is 0 Å². The van der Waals surface area contributed by atoms with E-state index < -0.39 is 0 Å². The van der Waals surface area contributed by atoms with Gasteiger partial charge in [-0.3, -0.25) is 0 Å². The van der Waals surface area contributed by atoms with Gasteiger partial charge in [-0.1, -0.05) is 30.3 Å². The molecule has 0 aliphatic carbocycles. The molecule has 1 aromatic carbocycles. The Hall–Kier alpha value is -3.48. The second-order valence-corrected chi connectivity index (χ2v) is 7.92. The van der Waals surface area contributed by atoms with Crippen molar-refractivity contribution in [2.75, 3.05) is 23.3 Å². The van der Waals surface area contributed by atoms with Crippen molar-refractivity contribution >= 4 is 17.4 Å². The van der Waals surface area contributed by atoms with Crippen molar-refractivity contribution in [1.82, 2.24) is 24.6 Å². The third-order valence-electron chi connectivity index (χ3n) is 5.60. The maximum absolute atomic E-state index is 4.82. The molecule has 1 aliphatic heterocycles. The molecule has 4 heterocycles. The molecule has 7 heteroatoms. The van der Waals surface area contributed by atoms with Gasteiger partial charge in [0.1, 0.15) is 12.1 Å². The van der Waals surface area contributed by atoms with Gasteiger partial charge in [-0.2, -0.15) is 4.98 Å². The van der Waals surface area contributed by atoms with Crippen LogP contribution in [0.4, 0.5) is 11.8 Å². The summed E-state index contributed by atoms with van der Waals surface area (Å²) in [6.45, 7) is 6.00. The molecule has 5 rings (SSSR count). The van der Waals surface area contributed by atoms with Crippen molar-refractivity contribution in [2.24, 2.45) is 0 Å². The van der Waals surface area contributed by atoms with E-state index in [1.165, 1.54) is 0 Å². The second-order valence-electron chi connectivity index (χ2n) is 7.92. The number of aromatic nitrogens is 5. The molecule has 0 saturated carbocycles. The predicted octanol–water partition coefficient (Wildman–Crippen LogP) is 3.88. The van der Waals surface area contributed by atoms with E-state index in [1.54, 1.807) is 6.33 Å². The molecule has 1 saturated heterocycles. The fourth-order valence-electron chi connectivity index (χ4n) is 4.06. The van der Waals surface area contributed by atoms with E-state index in [1.807, 2.05) is 29.8 Å².